The maximum atomic E-state index is 14.3. The monoisotopic (exact) mass is 345 g/mol. The lowest BCUT2D eigenvalue weighted by Crippen LogP contribution is -2.18. The molecule has 0 atom stereocenters. The van der Waals surface area contributed by atoms with Crippen LogP contribution in [0.15, 0.2) is 52.6 Å². The first kappa shape index (κ1) is 14.8. The van der Waals surface area contributed by atoms with Gasteiger partial charge in [0.05, 0.1) is 11.1 Å². The molecule has 0 unspecified atom stereocenters. The Kier molecular flexibility index (Phi) is 3.53. The summed E-state index contributed by atoms with van der Waals surface area (Å²) in [4.78, 5) is 11.5. The fourth-order valence-electron chi connectivity index (χ4n) is 2.55. The van der Waals surface area contributed by atoms with Crippen molar-refractivity contribution in [3.8, 4) is 22.5 Å². The summed E-state index contributed by atoms with van der Waals surface area (Å²) in [6, 6.07) is 3.44. The van der Waals surface area contributed by atoms with E-state index in [9.17, 15) is 8.78 Å². The van der Waals surface area contributed by atoms with Crippen molar-refractivity contribution in [2.45, 2.75) is 5.16 Å². The van der Waals surface area contributed by atoms with E-state index in [0.29, 0.717) is 28.0 Å². The van der Waals surface area contributed by atoms with Crippen LogP contribution in [0.1, 0.15) is 0 Å². The number of rotatable bonds is 3. The molecule has 0 radical (unpaired) electrons. The van der Waals surface area contributed by atoms with Gasteiger partial charge in [-0.05, 0) is 18.4 Å². The third-order valence-corrected chi connectivity index (χ3v) is 4.18. The first-order valence-electron chi connectivity index (χ1n) is 7.00. The van der Waals surface area contributed by atoms with E-state index in [0.717, 1.165) is 6.07 Å². The van der Waals surface area contributed by atoms with Crippen LogP contribution in [-0.4, -0.2) is 21.2 Å². The van der Waals surface area contributed by atoms with E-state index in [1.54, 1.807) is 23.0 Å². The van der Waals surface area contributed by atoms with Crippen LogP contribution in [-0.2, 0) is 0 Å². The van der Waals surface area contributed by atoms with Crippen molar-refractivity contribution < 1.29 is 17.6 Å². The Morgan fingerprint density at radius 1 is 1.21 bits per heavy atom. The van der Waals surface area contributed by atoms with Crippen molar-refractivity contribution in [2.24, 2.45) is 0 Å². The Balaban J connectivity index is 1.97. The maximum absolute atomic E-state index is 14.3. The second-order valence-electron chi connectivity index (χ2n) is 5.01. The lowest BCUT2D eigenvalue weighted by atomic mass is 10.1. The predicted octanol–water partition coefficient (Wildman–Crippen LogP) is 3.47. The van der Waals surface area contributed by atoms with Crippen LogP contribution in [0.4, 0.5) is 8.78 Å². The van der Waals surface area contributed by atoms with Crippen LogP contribution in [0.3, 0.4) is 0 Å². The normalized spacial score (nSPS) is 11.3. The van der Waals surface area contributed by atoms with Crippen LogP contribution in [0.5, 0.6) is 0 Å². The molecule has 3 heterocycles. The number of hydrogen-bond donors (Lipinski definition) is 1. The third-order valence-electron chi connectivity index (χ3n) is 3.60. The lowest BCUT2D eigenvalue weighted by molar-refractivity contribution is -0.499. The van der Waals surface area contributed by atoms with Gasteiger partial charge in [-0.2, -0.15) is 4.40 Å². The Bertz CT molecular complexity index is 1030. The molecule has 4 aromatic rings. The van der Waals surface area contributed by atoms with Crippen LogP contribution >= 0.6 is 11.8 Å². The molecule has 5 nitrogen and oxygen atoms in total. The topological polar surface area (TPSA) is 58.8 Å². The molecule has 0 saturated carbocycles. The second-order valence-corrected chi connectivity index (χ2v) is 5.78. The van der Waals surface area contributed by atoms with Crippen LogP contribution in [0, 0.1) is 11.6 Å². The minimum Gasteiger partial charge on any atom is -0.396 e. The SMILES string of the molecule is CSc1ncc(-c2c(-c3ccc(F)cc3F)[nH]c3occ[n+]23)cn1. The smallest absolute Gasteiger partial charge is 0.396 e. The molecule has 0 saturated heterocycles. The second kappa shape index (κ2) is 5.72. The number of nitrogens with one attached hydrogen (secondary N) is 1. The van der Waals surface area contributed by atoms with Gasteiger partial charge in [-0.15, -0.1) is 0 Å². The molecule has 1 N–H and O–H groups in total. The average Bonchev–Trinajstić information content (AvgIpc) is 3.16. The quantitative estimate of drug-likeness (QED) is 0.351. The molecule has 0 aliphatic rings. The number of nitrogens with zero attached hydrogens (tertiary/aromatic N) is 3. The number of hydrogen-bond acceptors (Lipinski definition) is 4. The molecular formula is C16H11F2N4OS+. The summed E-state index contributed by atoms with van der Waals surface area (Å²) in [7, 11) is 0. The molecule has 0 fully saturated rings. The summed E-state index contributed by atoms with van der Waals surface area (Å²) in [5.74, 6) is -0.867. The minimum absolute atomic E-state index is 0.235. The number of oxazole rings is 1. The number of benzene rings is 1. The van der Waals surface area contributed by atoms with E-state index in [4.69, 9.17) is 4.42 Å². The van der Waals surface area contributed by atoms with E-state index >= 15 is 0 Å². The first-order chi connectivity index (χ1) is 11.7. The lowest BCUT2D eigenvalue weighted by Gasteiger charge is -2.02. The Morgan fingerprint density at radius 2 is 2.00 bits per heavy atom. The number of aromatic amines is 1. The highest BCUT2D eigenvalue weighted by atomic mass is 32.2. The van der Waals surface area contributed by atoms with Crippen molar-refractivity contribution in [3.05, 3.63) is 54.7 Å². The molecule has 1 aromatic carbocycles. The van der Waals surface area contributed by atoms with Gasteiger partial charge in [-0.1, -0.05) is 11.8 Å². The fraction of sp³-hybridized carbons (Fsp3) is 0.0625. The Morgan fingerprint density at radius 3 is 2.71 bits per heavy atom. The highest BCUT2D eigenvalue weighted by Crippen LogP contribution is 2.31. The molecule has 8 heteroatoms. The van der Waals surface area contributed by atoms with Crippen LogP contribution in [0.2, 0.25) is 0 Å². The van der Waals surface area contributed by atoms with E-state index < -0.39 is 11.6 Å². The summed E-state index contributed by atoms with van der Waals surface area (Å²) in [5, 5.41) is 0.636. The number of thioether (sulfide) groups is 1. The molecule has 24 heavy (non-hydrogen) atoms. The summed E-state index contributed by atoms with van der Waals surface area (Å²) in [6.07, 6.45) is 8.41. The zero-order valence-corrected chi connectivity index (χ0v) is 13.3. The zero-order chi connectivity index (χ0) is 16.7. The van der Waals surface area contributed by atoms with Gasteiger partial charge in [-0.25, -0.2) is 23.7 Å². The van der Waals surface area contributed by atoms with Crippen molar-refractivity contribution in [2.75, 3.05) is 6.26 Å². The van der Waals surface area contributed by atoms with E-state index in [-0.39, 0.29) is 5.56 Å². The molecule has 0 aliphatic heterocycles. The van der Waals surface area contributed by atoms with Gasteiger partial charge in [-0.3, -0.25) is 0 Å². The van der Waals surface area contributed by atoms with Gasteiger partial charge in [0.25, 0.3) is 0 Å². The van der Waals surface area contributed by atoms with E-state index in [1.807, 2.05) is 6.26 Å². The Hall–Kier alpha value is -2.74. The van der Waals surface area contributed by atoms with Gasteiger partial charge in [0.15, 0.2) is 16.5 Å². The summed E-state index contributed by atoms with van der Waals surface area (Å²) < 4.78 is 34.6. The summed E-state index contributed by atoms with van der Waals surface area (Å²) in [5.41, 5.74) is 2.02. The molecule has 120 valence electrons. The fourth-order valence-corrected chi connectivity index (χ4v) is 2.86. The standard InChI is InChI=1S/C16H10F2N4OS/c1-24-15-19-7-9(8-20-15)14-13(21-16-22(14)4-5-23-16)11-3-2-10(17)6-12(11)18/h2-8H,1H3/p+1. The van der Waals surface area contributed by atoms with Gasteiger partial charge in [0.1, 0.15) is 24.1 Å². The summed E-state index contributed by atoms with van der Waals surface area (Å²) >= 11 is 1.43. The maximum Gasteiger partial charge on any atom is 0.464 e. The molecule has 0 bridgehead atoms. The van der Waals surface area contributed by atoms with Crippen LogP contribution < -0.4 is 4.40 Å². The number of fused-ring (bicyclic) bond motifs is 1. The van der Waals surface area contributed by atoms with Gasteiger partial charge >= 0.3 is 5.84 Å². The predicted molar refractivity (Wildman–Crippen MR) is 84.4 cm³/mol. The highest BCUT2D eigenvalue weighted by Gasteiger charge is 2.27. The number of halogens is 2. The third kappa shape index (κ3) is 2.35. The number of imidazole rings is 1. The van der Waals surface area contributed by atoms with Crippen molar-refractivity contribution >= 4 is 17.6 Å². The zero-order valence-electron chi connectivity index (χ0n) is 12.5. The molecular weight excluding hydrogens is 334 g/mol. The first-order valence-corrected chi connectivity index (χ1v) is 8.22. The van der Waals surface area contributed by atoms with Crippen molar-refractivity contribution in [3.63, 3.8) is 0 Å². The minimum atomic E-state index is -0.664. The Labute approximate surface area is 139 Å². The van der Waals surface area contributed by atoms with E-state index in [1.165, 1.54) is 30.2 Å². The average molecular weight is 345 g/mol. The molecule has 4 rings (SSSR count). The molecule has 0 amide bonds. The van der Waals surface area contributed by atoms with E-state index in [2.05, 4.69) is 15.0 Å². The van der Waals surface area contributed by atoms with Gasteiger partial charge < -0.3 is 4.42 Å². The van der Waals surface area contributed by atoms with Gasteiger partial charge in [0.2, 0.25) is 0 Å². The number of aromatic nitrogens is 4. The van der Waals surface area contributed by atoms with Crippen molar-refractivity contribution in [1.82, 2.24) is 15.0 Å². The molecule has 3 aromatic heterocycles. The van der Waals surface area contributed by atoms with Crippen molar-refractivity contribution in [1.29, 1.82) is 0 Å². The molecule has 0 aliphatic carbocycles. The van der Waals surface area contributed by atoms with Crippen LogP contribution in [0.25, 0.3) is 28.4 Å². The highest BCUT2D eigenvalue weighted by molar-refractivity contribution is 7.98. The van der Waals surface area contributed by atoms with Gasteiger partial charge in [0, 0.05) is 18.5 Å². The molecule has 0 spiro atoms. The largest absolute Gasteiger partial charge is 0.464 e. The summed E-state index contributed by atoms with van der Waals surface area (Å²) in [6.45, 7) is 0. The number of H-pyrrole nitrogens is 1.